The van der Waals surface area contributed by atoms with Gasteiger partial charge in [-0.25, -0.2) is 4.98 Å². The molecule has 1 amide bonds. The average Bonchev–Trinajstić information content (AvgIpc) is 3.14. The Morgan fingerprint density at radius 2 is 1.73 bits per heavy atom. The van der Waals surface area contributed by atoms with Gasteiger partial charge in [-0.05, 0) is 74.8 Å². The minimum Gasteiger partial charge on any atom is -0.459 e. The number of rotatable bonds is 6. The highest BCUT2D eigenvalue weighted by molar-refractivity contribution is 7.09. The summed E-state index contributed by atoms with van der Waals surface area (Å²) >= 11 is 1.44. The summed E-state index contributed by atoms with van der Waals surface area (Å²) < 4.78 is 5.68. The molecule has 5 nitrogen and oxygen atoms in total. The number of aromatic nitrogens is 1. The molecule has 1 heterocycles. The molecule has 6 rings (SSSR count). The van der Waals surface area contributed by atoms with Gasteiger partial charge < -0.3 is 10.1 Å². The number of hydrogen-bond acceptors (Lipinski definition) is 5. The Kier molecular flexibility index (Phi) is 5.35. The fraction of sp³-hybridized carbons (Fsp3) is 0.542. The van der Waals surface area contributed by atoms with Crippen LogP contribution in [0.2, 0.25) is 0 Å². The number of esters is 1. The van der Waals surface area contributed by atoms with Crippen LogP contribution in [0.3, 0.4) is 0 Å². The van der Waals surface area contributed by atoms with Crippen molar-refractivity contribution in [1.29, 1.82) is 0 Å². The van der Waals surface area contributed by atoms with Gasteiger partial charge in [-0.2, -0.15) is 0 Å². The van der Waals surface area contributed by atoms with Crippen molar-refractivity contribution in [2.45, 2.75) is 52.1 Å². The maximum Gasteiger partial charge on any atom is 0.309 e. The predicted octanol–water partition coefficient (Wildman–Crippen LogP) is 4.75. The van der Waals surface area contributed by atoms with E-state index in [2.05, 4.69) is 10.3 Å². The molecule has 0 radical (unpaired) electrons. The highest BCUT2D eigenvalue weighted by atomic mass is 32.1. The van der Waals surface area contributed by atoms with Crippen molar-refractivity contribution in [3.8, 4) is 0 Å². The lowest BCUT2D eigenvalue weighted by Gasteiger charge is -2.53. The molecule has 0 aliphatic heterocycles. The molecule has 30 heavy (non-hydrogen) atoms. The smallest absolute Gasteiger partial charge is 0.309 e. The molecule has 4 fully saturated rings. The van der Waals surface area contributed by atoms with E-state index in [0.29, 0.717) is 11.8 Å². The van der Waals surface area contributed by atoms with Crippen LogP contribution in [-0.4, -0.2) is 16.9 Å². The second kappa shape index (κ2) is 8.14. The van der Waals surface area contributed by atoms with Crippen LogP contribution in [0.25, 0.3) is 0 Å². The van der Waals surface area contributed by atoms with Gasteiger partial charge in [0.15, 0.2) is 0 Å². The summed E-state index contributed by atoms with van der Waals surface area (Å²) in [6, 6.07) is 7.72. The molecule has 4 bridgehead atoms. The predicted molar refractivity (Wildman–Crippen MR) is 116 cm³/mol. The van der Waals surface area contributed by atoms with Crippen LogP contribution in [-0.2, 0) is 27.4 Å². The van der Waals surface area contributed by atoms with Gasteiger partial charge in [0.2, 0.25) is 5.91 Å². The number of ether oxygens (including phenoxy) is 1. The minimum absolute atomic E-state index is 0.0320. The molecule has 4 aliphatic carbocycles. The van der Waals surface area contributed by atoms with Crippen LogP contribution in [0, 0.1) is 36.5 Å². The molecular formula is C24H28N2O3S. The molecule has 6 heteroatoms. The number of hydrogen-bond donors (Lipinski definition) is 1. The fourth-order valence-electron chi connectivity index (χ4n) is 6.03. The standard InChI is InChI=1S/C24H28N2O3S/c1-14-2-4-19(5-3-14)25-21(27)11-22-26-20(13-30-22)12-29-24(28)23-17-7-15-6-16(9-17)10-18(23)8-15/h2-5,13,15-18,23H,6-12H2,1H3,(H,25,27). The number of nitrogens with zero attached hydrogens (tertiary/aromatic N) is 1. The van der Waals surface area contributed by atoms with Gasteiger partial charge in [0.1, 0.15) is 11.6 Å². The summed E-state index contributed by atoms with van der Waals surface area (Å²) in [5, 5.41) is 5.52. The highest BCUT2D eigenvalue weighted by Gasteiger charge is 2.51. The molecule has 0 spiro atoms. The summed E-state index contributed by atoms with van der Waals surface area (Å²) in [5.74, 6) is 2.74. The topological polar surface area (TPSA) is 68.3 Å². The Balaban J connectivity index is 1.12. The summed E-state index contributed by atoms with van der Waals surface area (Å²) in [4.78, 5) is 29.6. The number of benzene rings is 1. The van der Waals surface area contributed by atoms with E-state index in [1.54, 1.807) is 0 Å². The van der Waals surface area contributed by atoms with Crippen LogP contribution < -0.4 is 5.32 Å². The van der Waals surface area contributed by atoms with Crippen molar-refractivity contribution < 1.29 is 14.3 Å². The first kappa shape index (κ1) is 19.7. The van der Waals surface area contributed by atoms with Gasteiger partial charge in [-0.1, -0.05) is 17.7 Å². The second-order valence-electron chi connectivity index (χ2n) is 9.39. The lowest BCUT2D eigenvalue weighted by molar-refractivity contribution is -0.163. The first-order chi connectivity index (χ1) is 14.5. The Bertz CT molecular complexity index is 908. The molecule has 0 saturated heterocycles. The molecule has 158 valence electrons. The van der Waals surface area contributed by atoms with E-state index >= 15 is 0 Å². The van der Waals surface area contributed by atoms with Gasteiger partial charge in [-0.15, -0.1) is 11.3 Å². The van der Waals surface area contributed by atoms with E-state index in [9.17, 15) is 9.59 Å². The molecule has 1 aromatic carbocycles. The number of amides is 1. The Hall–Kier alpha value is -2.21. The second-order valence-corrected chi connectivity index (χ2v) is 10.3. The van der Waals surface area contributed by atoms with E-state index < -0.39 is 0 Å². The van der Waals surface area contributed by atoms with E-state index in [1.807, 2.05) is 36.6 Å². The maximum atomic E-state index is 12.8. The monoisotopic (exact) mass is 424 g/mol. The molecule has 1 aromatic heterocycles. The zero-order valence-electron chi connectivity index (χ0n) is 17.3. The average molecular weight is 425 g/mol. The van der Waals surface area contributed by atoms with Gasteiger partial charge in [0.05, 0.1) is 18.0 Å². The zero-order chi connectivity index (χ0) is 20.7. The molecule has 1 N–H and O–H groups in total. The van der Waals surface area contributed by atoms with Crippen molar-refractivity contribution in [2.75, 3.05) is 5.32 Å². The van der Waals surface area contributed by atoms with Gasteiger partial charge in [-0.3, -0.25) is 9.59 Å². The number of carbonyl (C=O) groups excluding carboxylic acids is 2. The van der Waals surface area contributed by atoms with E-state index in [4.69, 9.17) is 4.74 Å². The van der Waals surface area contributed by atoms with Crippen molar-refractivity contribution in [3.05, 3.63) is 45.9 Å². The minimum atomic E-state index is -0.0923. The largest absolute Gasteiger partial charge is 0.459 e. The SMILES string of the molecule is Cc1ccc(NC(=O)Cc2nc(COC(=O)C3C4CC5CC(C4)CC3C5)cs2)cc1. The molecule has 0 unspecified atom stereocenters. The van der Waals surface area contributed by atoms with Gasteiger partial charge in [0.25, 0.3) is 0 Å². The normalized spacial score (nSPS) is 29.0. The Morgan fingerprint density at radius 3 is 2.40 bits per heavy atom. The van der Waals surface area contributed by atoms with Crippen LogP contribution in [0.15, 0.2) is 29.6 Å². The molecule has 0 atom stereocenters. The van der Waals surface area contributed by atoms with Crippen LogP contribution in [0.1, 0.15) is 48.4 Å². The summed E-state index contributed by atoms with van der Waals surface area (Å²) in [6.45, 7) is 2.22. The lowest BCUT2D eigenvalue weighted by Crippen LogP contribution is -2.48. The van der Waals surface area contributed by atoms with E-state index in [-0.39, 0.29) is 30.8 Å². The lowest BCUT2D eigenvalue weighted by atomic mass is 9.52. The Morgan fingerprint density at radius 1 is 1.07 bits per heavy atom. The number of thiazole rings is 1. The van der Waals surface area contributed by atoms with E-state index in [1.165, 1.54) is 43.4 Å². The van der Waals surface area contributed by atoms with Gasteiger partial charge >= 0.3 is 5.97 Å². The number of aryl methyl sites for hydroxylation is 1. The van der Waals surface area contributed by atoms with E-state index in [0.717, 1.165) is 33.8 Å². The first-order valence-corrected chi connectivity index (χ1v) is 11.9. The van der Waals surface area contributed by atoms with Crippen molar-refractivity contribution in [1.82, 2.24) is 4.98 Å². The molecule has 4 saturated carbocycles. The Labute approximate surface area is 181 Å². The maximum absolute atomic E-state index is 12.8. The van der Waals surface area contributed by atoms with Crippen molar-refractivity contribution in [3.63, 3.8) is 0 Å². The summed E-state index contributed by atoms with van der Waals surface area (Å²) in [7, 11) is 0. The third kappa shape index (κ3) is 4.15. The highest BCUT2D eigenvalue weighted by Crippen LogP contribution is 2.56. The quantitative estimate of drug-likeness (QED) is 0.680. The summed E-state index contributed by atoms with van der Waals surface area (Å²) in [5.41, 5.74) is 2.67. The first-order valence-electron chi connectivity index (χ1n) is 11.0. The summed E-state index contributed by atoms with van der Waals surface area (Å²) in [6.07, 6.45) is 6.46. The fourth-order valence-corrected chi connectivity index (χ4v) is 6.80. The zero-order valence-corrected chi connectivity index (χ0v) is 18.1. The number of carbonyl (C=O) groups is 2. The molecular weight excluding hydrogens is 396 g/mol. The number of anilines is 1. The van der Waals surface area contributed by atoms with Crippen molar-refractivity contribution in [2.24, 2.45) is 29.6 Å². The van der Waals surface area contributed by atoms with Crippen molar-refractivity contribution >= 4 is 28.9 Å². The number of nitrogens with one attached hydrogen (secondary N) is 1. The molecule has 2 aromatic rings. The van der Waals surface area contributed by atoms with Crippen LogP contribution in [0.4, 0.5) is 5.69 Å². The van der Waals surface area contributed by atoms with Crippen LogP contribution in [0.5, 0.6) is 0 Å². The third-order valence-corrected chi connectivity index (χ3v) is 8.01. The van der Waals surface area contributed by atoms with Gasteiger partial charge in [0, 0.05) is 11.1 Å². The molecule has 4 aliphatic rings. The van der Waals surface area contributed by atoms with Crippen LogP contribution >= 0.6 is 11.3 Å². The third-order valence-electron chi connectivity index (χ3n) is 7.11.